The van der Waals surface area contributed by atoms with E-state index in [4.69, 9.17) is 0 Å². The van der Waals surface area contributed by atoms with Crippen molar-refractivity contribution in [1.29, 1.82) is 0 Å². The molecule has 6 nitrogen and oxygen atoms in total. The van der Waals surface area contributed by atoms with Crippen LogP contribution in [0.1, 0.15) is 20.3 Å². The second kappa shape index (κ2) is 6.88. The summed E-state index contributed by atoms with van der Waals surface area (Å²) in [5.41, 5.74) is 0. The monoisotopic (exact) mass is 203 g/mol. The smallest absolute Gasteiger partial charge is 0.305 e. The van der Waals surface area contributed by atoms with E-state index < -0.39 is 18.2 Å². The molecule has 0 saturated heterocycles. The topological polar surface area (TPSA) is 81.7 Å². The zero-order valence-corrected chi connectivity index (χ0v) is 8.11. The van der Waals surface area contributed by atoms with Gasteiger partial charge in [0.05, 0.1) is 0 Å². The third-order valence-corrected chi connectivity index (χ3v) is 1.20. The van der Waals surface area contributed by atoms with Crippen molar-refractivity contribution in [2.45, 2.75) is 26.6 Å². The van der Waals surface area contributed by atoms with Gasteiger partial charge in [-0.1, -0.05) is 0 Å². The van der Waals surface area contributed by atoms with E-state index in [2.05, 4.69) is 14.8 Å². The van der Waals surface area contributed by atoms with Gasteiger partial charge in [-0.25, -0.2) is 0 Å². The lowest BCUT2D eigenvalue weighted by molar-refractivity contribution is -0.185. The van der Waals surface area contributed by atoms with E-state index in [9.17, 15) is 14.4 Å². The first kappa shape index (κ1) is 12.4. The summed E-state index contributed by atoms with van der Waals surface area (Å²) in [5, 5.41) is 2.36. The van der Waals surface area contributed by atoms with Crippen molar-refractivity contribution in [3.63, 3.8) is 0 Å². The third-order valence-electron chi connectivity index (χ3n) is 1.20. The number of amides is 1. The summed E-state index contributed by atoms with van der Waals surface area (Å²) in [5.74, 6) is -1.08. The fourth-order valence-corrected chi connectivity index (χ4v) is 0.772. The molecule has 0 aliphatic heterocycles. The Bertz CT molecular complexity index is 200. The molecular weight excluding hydrogens is 190 g/mol. The Balaban J connectivity index is 3.89. The highest BCUT2D eigenvalue weighted by Gasteiger charge is 2.14. The maximum Gasteiger partial charge on any atom is 0.305 e. The van der Waals surface area contributed by atoms with E-state index in [1.165, 1.54) is 13.8 Å². The quantitative estimate of drug-likeness (QED) is 0.274. The normalized spacial score (nSPS) is 9.36. The van der Waals surface area contributed by atoms with Crippen LogP contribution in [0.3, 0.4) is 0 Å². The lowest BCUT2D eigenvalue weighted by Gasteiger charge is -2.15. The molecule has 0 unspecified atom stereocenters. The van der Waals surface area contributed by atoms with Crippen LogP contribution in [0.5, 0.6) is 0 Å². The highest BCUT2D eigenvalue weighted by atomic mass is 16.7. The first-order valence-electron chi connectivity index (χ1n) is 4.07. The van der Waals surface area contributed by atoms with Crippen molar-refractivity contribution in [2.24, 2.45) is 0 Å². The SMILES string of the molecule is CC(=O)OC(CCNC=O)OC(C)=O. The largest absolute Gasteiger partial charge is 0.425 e. The molecule has 0 aromatic heterocycles. The molecule has 6 heteroatoms. The van der Waals surface area contributed by atoms with E-state index in [0.717, 1.165) is 0 Å². The molecule has 80 valence electrons. The molecule has 0 radical (unpaired) electrons. The van der Waals surface area contributed by atoms with Crippen molar-refractivity contribution < 1.29 is 23.9 Å². The number of nitrogens with one attached hydrogen (secondary N) is 1. The van der Waals surface area contributed by atoms with Gasteiger partial charge in [-0.15, -0.1) is 0 Å². The van der Waals surface area contributed by atoms with Gasteiger partial charge in [-0.2, -0.15) is 0 Å². The van der Waals surface area contributed by atoms with Crippen molar-refractivity contribution in [2.75, 3.05) is 6.54 Å². The first-order chi connectivity index (χ1) is 6.56. The van der Waals surface area contributed by atoms with Crippen LogP contribution >= 0.6 is 0 Å². The summed E-state index contributed by atoms with van der Waals surface area (Å²) < 4.78 is 9.34. The first-order valence-corrected chi connectivity index (χ1v) is 4.07. The summed E-state index contributed by atoms with van der Waals surface area (Å²) >= 11 is 0. The van der Waals surface area contributed by atoms with Gasteiger partial charge in [-0.3, -0.25) is 14.4 Å². The zero-order chi connectivity index (χ0) is 11.0. The van der Waals surface area contributed by atoms with Gasteiger partial charge in [0.2, 0.25) is 12.7 Å². The number of carbonyl (C=O) groups excluding carboxylic acids is 3. The van der Waals surface area contributed by atoms with E-state index in [-0.39, 0.29) is 13.0 Å². The molecule has 0 fully saturated rings. The Kier molecular flexibility index (Phi) is 6.09. The zero-order valence-electron chi connectivity index (χ0n) is 8.11. The number of carbonyl (C=O) groups is 3. The van der Waals surface area contributed by atoms with Crippen LogP contribution in [0.4, 0.5) is 0 Å². The second-order valence-electron chi connectivity index (χ2n) is 2.51. The summed E-state index contributed by atoms with van der Waals surface area (Å²) in [6, 6.07) is 0. The van der Waals surface area contributed by atoms with E-state index in [1.807, 2.05) is 0 Å². The molecule has 0 spiro atoms. The van der Waals surface area contributed by atoms with Crippen LogP contribution in [0.25, 0.3) is 0 Å². The molecule has 0 aromatic rings. The number of hydrogen-bond donors (Lipinski definition) is 1. The van der Waals surface area contributed by atoms with Gasteiger partial charge >= 0.3 is 11.9 Å². The molecule has 0 saturated carbocycles. The highest BCUT2D eigenvalue weighted by Crippen LogP contribution is 2.01. The number of rotatable bonds is 6. The van der Waals surface area contributed by atoms with E-state index >= 15 is 0 Å². The van der Waals surface area contributed by atoms with Crippen LogP contribution in [0, 0.1) is 0 Å². The van der Waals surface area contributed by atoms with E-state index in [1.54, 1.807) is 0 Å². The number of hydrogen-bond acceptors (Lipinski definition) is 5. The third kappa shape index (κ3) is 7.08. The summed E-state index contributed by atoms with van der Waals surface area (Å²) in [4.78, 5) is 31.0. The molecule has 0 bridgehead atoms. The maximum absolute atomic E-state index is 10.6. The van der Waals surface area contributed by atoms with Gasteiger partial charge in [-0.05, 0) is 0 Å². The predicted octanol–water partition coefficient (Wildman–Crippen LogP) is -0.425. The van der Waals surface area contributed by atoms with Crippen LogP contribution in [-0.4, -0.2) is 31.2 Å². The van der Waals surface area contributed by atoms with Gasteiger partial charge < -0.3 is 14.8 Å². The average molecular weight is 203 g/mol. The lowest BCUT2D eigenvalue weighted by atomic mass is 10.4. The summed E-state index contributed by atoms with van der Waals surface area (Å²) in [7, 11) is 0. The fourth-order valence-electron chi connectivity index (χ4n) is 0.772. The Morgan fingerprint density at radius 3 is 2.14 bits per heavy atom. The molecule has 0 aromatic carbocycles. The fraction of sp³-hybridized carbons (Fsp3) is 0.625. The Labute approximate surface area is 81.6 Å². The number of ether oxygens (including phenoxy) is 2. The van der Waals surface area contributed by atoms with Gasteiger partial charge in [0.15, 0.2) is 0 Å². The molecule has 0 heterocycles. The Hall–Kier alpha value is -1.59. The van der Waals surface area contributed by atoms with Crippen LogP contribution in [0.2, 0.25) is 0 Å². The molecule has 0 aliphatic carbocycles. The van der Waals surface area contributed by atoms with Crippen molar-refractivity contribution in [3.8, 4) is 0 Å². The van der Waals surface area contributed by atoms with Crippen molar-refractivity contribution >= 4 is 18.3 Å². The van der Waals surface area contributed by atoms with Gasteiger partial charge in [0.1, 0.15) is 0 Å². The minimum atomic E-state index is -0.933. The minimum Gasteiger partial charge on any atom is -0.425 e. The molecule has 0 atom stereocenters. The average Bonchev–Trinajstić information content (AvgIpc) is 2.02. The lowest BCUT2D eigenvalue weighted by Crippen LogP contribution is -2.27. The Morgan fingerprint density at radius 1 is 1.29 bits per heavy atom. The predicted molar refractivity (Wildman–Crippen MR) is 46.0 cm³/mol. The highest BCUT2D eigenvalue weighted by molar-refractivity contribution is 5.68. The molecule has 0 aliphatic rings. The van der Waals surface area contributed by atoms with Crippen LogP contribution in [0.15, 0.2) is 0 Å². The molecule has 1 N–H and O–H groups in total. The summed E-state index contributed by atoms with van der Waals surface area (Å²) in [6.07, 6.45) is -0.186. The molecular formula is C8H13NO5. The van der Waals surface area contributed by atoms with Gasteiger partial charge in [0, 0.05) is 26.8 Å². The van der Waals surface area contributed by atoms with Crippen LogP contribution < -0.4 is 5.32 Å². The van der Waals surface area contributed by atoms with E-state index in [0.29, 0.717) is 6.41 Å². The maximum atomic E-state index is 10.6. The minimum absolute atomic E-state index is 0.234. The molecule has 0 rings (SSSR count). The second-order valence-corrected chi connectivity index (χ2v) is 2.51. The van der Waals surface area contributed by atoms with Gasteiger partial charge in [0.25, 0.3) is 0 Å². The molecule has 14 heavy (non-hydrogen) atoms. The van der Waals surface area contributed by atoms with Crippen molar-refractivity contribution in [1.82, 2.24) is 5.32 Å². The standard InChI is InChI=1S/C8H13NO5/c1-6(11)13-8(14-7(2)12)3-4-9-5-10/h5,8H,3-4H2,1-2H3,(H,9,10). The summed E-state index contributed by atoms with van der Waals surface area (Å²) in [6.45, 7) is 2.70. The number of esters is 2. The van der Waals surface area contributed by atoms with Crippen LogP contribution in [-0.2, 0) is 23.9 Å². The van der Waals surface area contributed by atoms with Crippen molar-refractivity contribution in [3.05, 3.63) is 0 Å². The molecule has 1 amide bonds. The Morgan fingerprint density at radius 2 is 1.79 bits per heavy atom.